The number of fused-ring (bicyclic) bond motifs is 2. The van der Waals surface area contributed by atoms with Gasteiger partial charge in [-0.3, -0.25) is 4.79 Å². The van der Waals surface area contributed by atoms with E-state index in [2.05, 4.69) is 52.1 Å². The Morgan fingerprint density at radius 3 is 2.35 bits per heavy atom. The molecule has 0 amide bonds. The Balaban J connectivity index is 1.68. The normalized spacial score (nSPS) is 11.2. The zero-order valence-corrected chi connectivity index (χ0v) is 19.3. The van der Waals surface area contributed by atoms with Crippen molar-refractivity contribution in [3.8, 4) is 33.5 Å². The van der Waals surface area contributed by atoms with Crippen LogP contribution in [0.3, 0.4) is 0 Å². The maximum atomic E-state index is 13.0. The van der Waals surface area contributed by atoms with Gasteiger partial charge in [0.1, 0.15) is 0 Å². The number of anilines is 1. The molecule has 0 unspecified atom stereocenters. The Kier molecular flexibility index (Phi) is 4.97. The summed E-state index contributed by atoms with van der Waals surface area (Å²) < 4.78 is 1.21. The van der Waals surface area contributed by atoms with Crippen LogP contribution in [0, 0.1) is 0 Å². The van der Waals surface area contributed by atoms with E-state index in [1.54, 1.807) is 17.5 Å². The zero-order chi connectivity index (χ0) is 23.1. The minimum atomic E-state index is -0.139. The number of nitrogens with one attached hydrogen (secondary N) is 2. The van der Waals surface area contributed by atoms with E-state index < -0.39 is 0 Å². The molecule has 0 radical (unpaired) electrons. The van der Waals surface area contributed by atoms with Gasteiger partial charge in [0.2, 0.25) is 0 Å². The molecule has 0 bridgehead atoms. The van der Waals surface area contributed by atoms with Crippen LogP contribution >= 0.6 is 11.3 Å². The molecule has 3 heterocycles. The van der Waals surface area contributed by atoms with E-state index in [1.165, 1.54) is 4.70 Å². The van der Waals surface area contributed by atoms with Crippen LogP contribution in [0.25, 0.3) is 54.5 Å². The molecule has 0 atom stereocenters. The molecular weight excluding hydrogens is 438 g/mol. The van der Waals surface area contributed by atoms with Gasteiger partial charge in [0, 0.05) is 51.3 Å². The maximum absolute atomic E-state index is 13.0. The van der Waals surface area contributed by atoms with Crippen molar-refractivity contribution < 1.29 is 0 Å². The molecule has 5 heteroatoms. The molecule has 0 saturated heterocycles. The van der Waals surface area contributed by atoms with Crippen molar-refractivity contribution in [1.82, 2.24) is 9.97 Å². The number of thiophene rings is 1. The average Bonchev–Trinajstić information content (AvgIpc) is 3.33. The van der Waals surface area contributed by atoms with Gasteiger partial charge in [0.25, 0.3) is 5.56 Å². The molecule has 3 aromatic carbocycles. The number of pyridine rings is 2. The van der Waals surface area contributed by atoms with Crippen LogP contribution in [-0.2, 0) is 0 Å². The Morgan fingerprint density at radius 1 is 0.794 bits per heavy atom. The van der Waals surface area contributed by atoms with E-state index >= 15 is 0 Å². The van der Waals surface area contributed by atoms with Gasteiger partial charge in [-0.1, -0.05) is 60.7 Å². The van der Waals surface area contributed by atoms with Crippen molar-refractivity contribution in [2.75, 3.05) is 12.4 Å². The van der Waals surface area contributed by atoms with E-state index in [4.69, 9.17) is 4.98 Å². The lowest BCUT2D eigenvalue weighted by atomic mass is 9.96. The van der Waals surface area contributed by atoms with Gasteiger partial charge < -0.3 is 10.3 Å². The minimum Gasteiger partial charge on any atom is -0.388 e. The first kappa shape index (κ1) is 20.4. The van der Waals surface area contributed by atoms with E-state index in [0.717, 1.165) is 44.6 Å². The summed E-state index contributed by atoms with van der Waals surface area (Å²) in [6, 6.07) is 28.6. The summed E-state index contributed by atoms with van der Waals surface area (Å²) in [6.45, 7) is 0. The predicted molar refractivity (Wildman–Crippen MR) is 144 cm³/mol. The van der Waals surface area contributed by atoms with Gasteiger partial charge in [-0.2, -0.15) is 0 Å². The van der Waals surface area contributed by atoms with Crippen LogP contribution in [0.2, 0.25) is 0 Å². The molecule has 3 aromatic heterocycles. The second-order valence-corrected chi connectivity index (χ2v) is 9.06. The van der Waals surface area contributed by atoms with Gasteiger partial charge in [-0.25, -0.2) is 4.98 Å². The number of benzene rings is 3. The van der Waals surface area contributed by atoms with E-state index in [1.807, 2.05) is 55.6 Å². The van der Waals surface area contributed by atoms with Crippen molar-refractivity contribution >= 4 is 38.0 Å². The first-order chi connectivity index (χ1) is 16.7. The van der Waals surface area contributed by atoms with Crippen molar-refractivity contribution in [2.45, 2.75) is 0 Å². The Labute approximate surface area is 200 Å². The van der Waals surface area contributed by atoms with Crippen LogP contribution in [0.4, 0.5) is 5.69 Å². The summed E-state index contributed by atoms with van der Waals surface area (Å²) in [7, 11) is 1.91. The third-order valence-corrected chi connectivity index (χ3v) is 7.14. The summed E-state index contributed by atoms with van der Waals surface area (Å²) in [4.78, 5) is 21.1. The number of hydrogen-bond donors (Lipinski definition) is 2. The lowest BCUT2D eigenvalue weighted by Crippen LogP contribution is -2.08. The molecule has 0 aliphatic carbocycles. The van der Waals surface area contributed by atoms with Gasteiger partial charge in [0.05, 0.1) is 16.6 Å². The fourth-order valence-corrected chi connectivity index (χ4v) is 5.38. The highest BCUT2D eigenvalue weighted by atomic mass is 32.1. The molecule has 0 fully saturated rings. The highest BCUT2D eigenvalue weighted by Crippen LogP contribution is 2.39. The van der Waals surface area contributed by atoms with Crippen LogP contribution in [0.15, 0.2) is 101 Å². The molecule has 34 heavy (non-hydrogen) atoms. The smallest absolute Gasteiger partial charge is 0.257 e. The summed E-state index contributed by atoms with van der Waals surface area (Å²) in [6.07, 6.45) is 1.79. The molecular formula is C29H21N3OS. The van der Waals surface area contributed by atoms with E-state index in [0.29, 0.717) is 10.9 Å². The molecule has 0 spiro atoms. The lowest BCUT2D eigenvalue weighted by Gasteiger charge is -2.14. The van der Waals surface area contributed by atoms with Crippen LogP contribution in [0.1, 0.15) is 0 Å². The first-order valence-corrected chi connectivity index (χ1v) is 12.0. The number of rotatable bonds is 4. The molecule has 0 saturated carbocycles. The SMILES string of the molecule is CNc1ccc(-c2nc3c(-c4csc5ccccc45)c[nH]c(=O)c3cc2-c2ccccc2)cc1. The van der Waals surface area contributed by atoms with Crippen LogP contribution < -0.4 is 10.9 Å². The lowest BCUT2D eigenvalue weighted by molar-refractivity contribution is 1.26. The fourth-order valence-electron chi connectivity index (χ4n) is 4.42. The monoisotopic (exact) mass is 459 g/mol. The average molecular weight is 460 g/mol. The van der Waals surface area contributed by atoms with Crippen molar-refractivity contribution in [3.05, 3.63) is 107 Å². The number of nitrogens with zero attached hydrogens (tertiary/aromatic N) is 1. The molecule has 2 N–H and O–H groups in total. The molecule has 4 nitrogen and oxygen atoms in total. The topological polar surface area (TPSA) is 57.8 Å². The molecule has 6 aromatic rings. The number of H-pyrrole nitrogens is 1. The van der Waals surface area contributed by atoms with E-state index in [-0.39, 0.29) is 5.56 Å². The fraction of sp³-hybridized carbons (Fsp3) is 0.0345. The summed E-state index contributed by atoms with van der Waals surface area (Å²) in [5.74, 6) is 0. The quantitative estimate of drug-likeness (QED) is 0.293. The highest BCUT2D eigenvalue weighted by Gasteiger charge is 2.17. The van der Waals surface area contributed by atoms with Crippen LogP contribution in [-0.4, -0.2) is 17.0 Å². The van der Waals surface area contributed by atoms with Crippen molar-refractivity contribution in [2.24, 2.45) is 0 Å². The number of aromatic nitrogens is 2. The van der Waals surface area contributed by atoms with Crippen molar-refractivity contribution in [1.29, 1.82) is 0 Å². The van der Waals surface area contributed by atoms with Gasteiger partial charge in [-0.15, -0.1) is 11.3 Å². The van der Waals surface area contributed by atoms with Gasteiger partial charge in [-0.05, 0) is 35.2 Å². The highest BCUT2D eigenvalue weighted by molar-refractivity contribution is 7.17. The maximum Gasteiger partial charge on any atom is 0.257 e. The Bertz CT molecular complexity index is 1700. The Morgan fingerprint density at radius 2 is 1.56 bits per heavy atom. The summed E-state index contributed by atoms with van der Waals surface area (Å²) in [5.41, 5.74) is 7.43. The third-order valence-electron chi connectivity index (χ3n) is 6.17. The molecule has 164 valence electrons. The molecule has 0 aliphatic rings. The van der Waals surface area contributed by atoms with Crippen molar-refractivity contribution in [3.63, 3.8) is 0 Å². The second kappa shape index (κ2) is 8.28. The van der Waals surface area contributed by atoms with Gasteiger partial charge >= 0.3 is 0 Å². The second-order valence-electron chi connectivity index (χ2n) is 8.15. The third kappa shape index (κ3) is 3.38. The Hall–Kier alpha value is -4.22. The molecule has 0 aliphatic heterocycles. The van der Waals surface area contributed by atoms with E-state index in [9.17, 15) is 4.79 Å². The summed E-state index contributed by atoms with van der Waals surface area (Å²) >= 11 is 1.70. The predicted octanol–water partition coefficient (Wildman–Crippen LogP) is 7.18. The summed E-state index contributed by atoms with van der Waals surface area (Å²) in [5, 5.41) is 7.06. The minimum absolute atomic E-state index is 0.139. The van der Waals surface area contributed by atoms with Gasteiger partial charge in [0.15, 0.2) is 0 Å². The largest absolute Gasteiger partial charge is 0.388 e. The van der Waals surface area contributed by atoms with Crippen LogP contribution in [0.5, 0.6) is 0 Å². The standard InChI is InChI=1S/C29H21N3OS/c1-30-20-13-11-19(12-14-20)27-22(18-7-3-2-4-8-18)15-23-28(32-27)24(16-31-29(23)33)25-17-34-26-10-6-5-9-21(25)26/h2-17,30H,1H3,(H,31,33). The number of aromatic amines is 1. The first-order valence-electron chi connectivity index (χ1n) is 11.1. The zero-order valence-electron chi connectivity index (χ0n) is 18.5. The number of hydrogen-bond acceptors (Lipinski definition) is 4. The molecule has 6 rings (SSSR count).